The minimum Gasteiger partial charge on any atom is -0.357 e. The van der Waals surface area contributed by atoms with Gasteiger partial charge in [-0.05, 0) is 69.0 Å². The van der Waals surface area contributed by atoms with Crippen molar-refractivity contribution in [2.24, 2.45) is 0 Å². The van der Waals surface area contributed by atoms with Crippen LogP contribution < -0.4 is 10.2 Å². The minimum absolute atomic E-state index is 0.109. The van der Waals surface area contributed by atoms with Crippen molar-refractivity contribution in [3.05, 3.63) is 23.8 Å². The van der Waals surface area contributed by atoms with Gasteiger partial charge in [0.05, 0.1) is 0 Å². The lowest BCUT2D eigenvalue weighted by molar-refractivity contribution is -0.114. The number of anilines is 2. The van der Waals surface area contributed by atoms with Crippen LogP contribution in [0.15, 0.2) is 18.2 Å². The second kappa shape index (κ2) is 8.21. The van der Waals surface area contributed by atoms with Gasteiger partial charge in [-0.1, -0.05) is 6.42 Å². The van der Waals surface area contributed by atoms with Crippen molar-refractivity contribution in [1.82, 2.24) is 14.9 Å². The van der Waals surface area contributed by atoms with Crippen LogP contribution in [0.4, 0.5) is 11.6 Å². The number of piperidine rings is 2. The smallest absolute Gasteiger partial charge is 0.222 e. The number of fused-ring (bicyclic) bond motifs is 1. The summed E-state index contributed by atoms with van der Waals surface area (Å²) in [5, 5.41) is 3.88. The molecule has 4 rings (SSSR count). The number of hydrogen-bond acceptors (Lipinski definition) is 5. The molecule has 2 aliphatic rings. The summed E-state index contributed by atoms with van der Waals surface area (Å²) >= 11 is 0. The first kappa shape index (κ1) is 18.2. The van der Waals surface area contributed by atoms with Gasteiger partial charge in [-0.25, -0.2) is 9.97 Å². The number of aromatic nitrogens is 2. The first-order chi connectivity index (χ1) is 13.2. The molecule has 0 radical (unpaired) electrons. The molecule has 2 aromatic rings. The highest BCUT2D eigenvalue weighted by molar-refractivity contribution is 5.90. The molecule has 144 valence electrons. The Morgan fingerprint density at radius 3 is 2.41 bits per heavy atom. The van der Waals surface area contributed by atoms with Crippen molar-refractivity contribution in [3.8, 4) is 0 Å². The number of pyridine rings is 2. The van der Waals surface area contributed by atoms with E-state index >= 15 is 0 Å². The molecule has 0 bridgehead atoms. The second-order valence-corrected chi connectivity index (χ2v) is 7.77. The topological polar surface area (TPSA) is 61.4 Å². The molecule has 0 unspecified atom stereocenters. The van der Waals surface area contributed by atoms with Gasteiger partial charge in [0.1, 0.15) is 11.6 Å². The SMILES string of the molecule is CC(=O)Nc1ccc2c(CN3CCCCC3)cc(N3CCCCC3)nc2n1. The van der Waals surface area contributed by atoms with E-state index in [2.05, 4.69) is 32.2 Å². The summed E-state index contributed by atoms with van der Waals surface area (Å²) < 4.78 is 0. The van der Waals surface area contributed by atoms with Crippen LogP contribution in [0, 0.1) is 0 Å². The Morgan fingerprint density at radius 2 is 1.70 bits per heavy atom. The van der Waals surface area contributed by atoms with Crippen LogP contribution in [0.2, 0.25) is 0 Å². The molecule has 0 spiro atoms. The average molecular weight is 367 g/mol. The van der Waals surface area contributed by atoms with Crippen LogP contribution in [-0.4, -0.2) is 47.0 Å². The molecular weight excluding hydrogens is 338 g/mol. The Balaban J connectivity index is 1.71. The van der Waals surface area contributed by atoms with E-state index in [-0.39, 0.29) is 5.91 Å². The highest BCUT2D eigenvalue weighted by atomic mass is 16.1. The van der Waals surface area contributed by atoms with E-state index in [1.54, 1.807) is 0 Å². The predicted molar refractivity (Wildman–Crippen MR) is 109 cm³/mol. The molecule has 6 nitrogen and oxygen atoms in total. The Kier molecular flexibility index (Phi) is 5.53. The van der Waals surface area contributed by atoms with Gasteiger partial charge in [-0.15, -0.1) is 0 Å². The molecular formula is C21H29N5O. The quantitative estimate of drug-likeness (QED) is 0.895. The van der Waals surface area contributed by atoms with Gasteiger partial charge in [0, 0.05) is 31.9 Å². The number of hydrogen-bond donors (Lipinski definition) is 1. The van der Waals surface area contributed by atoms with Crippen LogP contribution in [0.5, 0.6) is 0 Å². The van der Waals surface area contributed by atoms with E-state index in [0.29, 0.717) is 5.82 Å². The summed E-state index contributed by atoms with van der Waals surface area (Å²) in [4.78, 5) is 25.8. The number of likely N-dealkylation sites (tertiary alicyclic amines) is 1. The van der Waals surface area contributed by atoms with E-state index in [1.165, 1.54) is 64.1 Å². The minimum atomic E-state index is -0.109. The molecule has 6 heteroatoms. The summed E-state index contributed by atoms with van der Waals surface area (Å²) in [5.74, 6) is 1.49. The second-order valence-electron chi connectivity index (χ2n) is 7.77. The molecule has 4 heterocycles. The molecule has 0 aromatic carbocycles. The van der Waals surface area contributed by atoms with Gasteiger partial charge >= 0.3 is 0 Å². The van der Waals surface area contributed by atoms with Crippen molar-refractivity contribution >= 4 is 28.6 Å². The normalized spacial score (nSPS) is 18.6. The van der Waals surface area contributed by atoms with Crippen molar-refractivity contribution in [2.75, 3.05) is 36.4 Å². The standard InChI is InChI=1S/C21H29N5O/c1-16(27)22-19-9-8-18-17(15-25-10-4-2-5-11-25)14-20(24-21(18)23-19)26-12-6-3-7-13-26/h8-9,14H,2-7,10-13,15H2,1H3,(H,22,23,24,27). The molecule has 27 heavy (non-hydrogen) atoms. The third-order valence-electron chi connectivity index (χ3n) is 5.57. The van der Waals surface area contributed by atoms with E-state index in [4.69, 9.17) is 4.98 Å². The summed E-state index contributed by atoms with van der Waals surface area (Å²) in [6.07, 6.45) is 7.66. The lowest BCUT2D eigenvalue weighted by atomic mass is 10.1. The van der Waals surface area contributed by atoms with Crippen LogP contribution in [-0.2, 0) is 11.3 Å². The third kappa shape index (κ3) is 4.38. The largest absolute Gasteiger partial charge is 0.357 e. The third-order valence-corrected chi connectivity index (χ3v) is 5.57. The van der Waals surface area contributed by atoms with Crippen LogP contribution >= 0.6 is 0 Å². The molecule has 0 saturated carbocycles. The number of rotatable bonds is 4. The summed E-state index contributed by atoms with van der Waals surface area (Å²) in [6, 6.07) is 6.20. The highest BCUT2D eigenvalue weighted by Crippen LogP contribution is 2.27. The van der Waals surface area contributed by atoms with E-state index in [0.717, 1.165) is 36.5 Å². The van der Waals surface area contributed by atoms with Crippen molar-refractivity contribution in [3.63, 3.8) is 0 Å². The maximum atomic E-state index is 11.4. The maximum absolute atomic E-state index is 11.4. The first-order valence-electron chi connectivity index (χ1n) is 10.2. The summed E-state index contributed by atoms with van der Waals surface area (Å²) in [6.45, 7) is 6.91. The van der Waals surface area contributed by atoms with E-state index < -0.39 is 0 Å². The molecule has 1 N–H and O–H groups in total. The van der Waals surface area contributed by atoms with Gasteiger partial charge in [-0.3, -0.25) is 9.69 Å². The Labute approximate surface area is 161 Å². The number of amides is 1. The van der Waals surface area contributed by atoms with Crippen molar-refractivity contribution in [2.45, 2.75) is 52.0 Å². The number of nitrogens with zero attached hydrogens (tertiary/aromatic N) is 4. The molecule has 2 aliphatic heterocycles. The maximum Gasteiger partial charge on any atom is 0.222 e. The first-order valence-corrected chi connectivity index (χ1v) is 10.2. The van der Waals surface area contributed by atoms with Crippen LogP contribution in [0.3, 0.4) is 0 Å². The van der Waals surface area contributed by atoms with Gasteiger partial charge in [0.2, 0.25) is 5.91 Å². The van der Waals surface area contributed by atoms with Crippen LogP contribution in [0.25, 0.3) is 11.0 Å². The fourth-order valence-electron chi connectivity index (χ4n) is 4.18. The summed E-state index contributed by atoms with van der Waals surface area (Å²) in [7, 11) is 0. The van der Waals surface area contributed by atoms with E-state index in [1.807, 2.05) is 6.07 Å². The zero-order chi connectivity index (χ0) is 18.6. The molecule has 1 amide bonds. The highest BCUT2D eigenvalue weighted by Gasteiger charge is 2.18. The number of nitrogens with one attached hydrogen (secondary N) is 1. The predicted octanol–water partition coefficient (Wildman–Crippen LogP) is 3.56. The van der Waals surface area contributed by atoms with Crippen molar-refractivity contribution < 1.29 is 4.79 Å². The molecule has 0 aliphatic carbocycles. The molecule has 2 fully saturated rings. The summed E-state index contributed by atoms with van der Waals surface area (Å²) in [5.41, 5.74) is 2.03. The monoisotopic (exact) mass is 367 g/mol. The average Bonchev–Trinajstić information content (AvgIpc) is 2.68. The van der Waals surface area contributed by atoms with Crippen molar-refractivity contribution in [1.29, 1.82) is 0 Å². The Morgan fingerprint density at radius 1 is 1.00 bits per heavy atom. The lowest BCUT2D eigenvalue weighted by Crippen LogP contribution is -2.31. The molecule has 0 atom stereocenters. The lowest BCUT2D eigenvalue weighted by Gasteiger charge is -2.30. The van der Waals surface area contributed by atoms with Gasteiger partial charge in [0.15, 0.2) is 5.65 Å². The Bertz CT molecular complexity index is 810. The van der Waals surface area contributed by atoms with Gasteiger partial charge in [-0.2, -0.15) is 0 Å². The van der Waals surface area contributed by atoms with E-state index in [9.17, 15) is 4.79 Å². The molecule has 2 aromatic heterocycles. The zero-order valence-electron chi connectivity index (χ0n) is 16.2. The number of carbonyl (C=O) groups excluding carboxylic acids is 1. The number of carbonyl (C=O) groups is 1. The van der Waals surface area contributed by atoms with Gasteiger partial charge < -0.3 is 10.2 Å². The molecule has 2 saturated heterocycles. The fourth-order valence-corrected chi connectivity index (χ4v) is 4.18. The van der Waals surface area contributed by atoms with Crippen LogP contribution in [0.1, 0.15) is 51.0 Å². The zero-order valence-corrected chi connectivity index (χ0v) is 16.2. The Hall–Kier alpha value is -2.21. The van der Waals surface area contributed by atoms with Gasteiger partial charge in [0.25, 0.3) is 0 Å². The fraction of sp³-hybridized carbons (Fsp3) is 0.571.